The van der Waals surface area contributed by atoms with E-state index >= 15 is 0 Å². The average Bonchev–Trinajstić information content (AvgIpc) is 2.28. The van der Waals surface area contributed by atoms with Gasteiger partial charge >= 0.3 is 0 Å². The molecule has 2 aromatic carbocycles. The topological polar surface area (TPSA) is 52.5 Å². The lowest BCUT2D eigenvalue weighted by Crippen LogP contribution is -2.27. The van der Waals surface area contributed by atoms with Gasteiger partial charge in [0.1, 0.15) is 5.75 Å². The molecule has 0 unspecified atom stereocenters. The maximum absolute atomic E-state index is 9.75. The van der Waals surface area contributed by atoms with Crippen LogP contribution in [0.1, 0.15) is 5.56 Å². The molecule has 0 saturated carbocycles. The van der Waals surface area contributed by atoms with E-state index in [1.54, 1.807) is 6.07 Å². The predicted molar refractivity (Wildman–Crippen MR) is 63.8 cm³/mol. The third-order valence-corrected chi connectivity index (χ3v) is 3.09. The molecule has 3 heteroatoms. The molecule has 82 valence electrons. The van der Waals surface area contributed by atoms with Crippen molar-refractivity contribution in [1.29, 1.82) is 0 Å². The summed E-state index contributed by atoms with van der Waals surface area (Å²) < 4.78 is 0. The zero-order chi connectivity index (χ0) is 11.1. The maximum atomic E-state index is 9.75. The van der Waals surface area contributed by atoms with Crippen LogP contribution in [-0.4, -0.2) is 22.9 Å². The highest BCUT2D eigenvalue weighted by Crippen LogP contribution is 2.34. The van der Waals surface area contributed by atoms with Gasteiger partial charge in [0.2, 0.25) is 0 Å². The van der Waals surface area contributed by atoms with Crippen LogP contribution in [-0.2, 0) is 6.42 Å². The first-order chi connectivity index (χ1) is 7.75. The standard InChI is InChI=1S/C13H13NO2/c15-9-6-8-4-5-10-11(13(8)14-7-9)2-1-3-12(10)16/h1-5,9,14-16H,6-7H2/t9-/m0/s1. The van der Waals surface area contributed by atoms with E-state index in [1.807, 2.05) is 24.3 Å². The van der Waals surface area contributed by atoms with Crippen molar-refractivity contribution in [3.63, 3.8) is 0 Å². The van der Waals surface area contributed by atoms with Crippen molar-refractivity contribution in [2.45, 2.75) is 12.5 Å². The fraction of sp³-hybridized carbons (Fsp3) is 0.231. The van der Waals surface area contributed by atoms with E-state index in [1.165, 1.54) is 0 Å². The molecule has 3 N–H and O–H groups in total. The van der Waals surface area contributed by atoms with Crippen LogP contribution in [0, 0.1) is 0 Å². The Kier molecular flexibility index (Phi) is 2.01. The lowest BCUT2D eigenvalue weighted by molar-refractivity contribution is 0.185. The summed E-state index contributed by atoms with van der Waals surface area (Å²) in [5.74, 6) is 0.299. The number of rotatable bonds is 0. The minimum absolute atomic E-state index is 0.299. The first-order valence-electron chi connectivity index (χ1n) is 5.41. The number of phenolic OH excluding ortho intramolecular Hbond substituents is 1. The van der Waals surface area contributed by atoms with Crippen molar-refractivity contribution >= 4 is 16.5 Å². The van der Waals surface area contributed by atoms with Crippen molar-refractivity contribution in [2.24, 2.45) is 0 Å². The van der Waals surface area contributed by atoms with Crippen LogP contribution in [0.4, 0.5) is 5.69 Å². The van der Waals surface area contributed by atoms with Crippen molar-refractivity contribution in [1.82, 2.24) is 0 Å². The van der Waals surface area contributed by atoms with Crippen LogP contribution in [0.5, 0.6) is 5.75 Å². The highest BCUT2D eigenvalue weighted by Gasteiger charge is 2.18. The number of fused-ring (bicyclic) bond motifs is 3. The number of benzene rings is 2. The number of aromatic hydroxyl groups is 1. The van der Waals surface area contributed by atoms with Gasteiger partial charge in [0, 0.05) is 29.4 Å². The fourth-order valence-electron chi connectivity index (χ4n) is 2.31. The van der Waals surface area contributed by atoms with Crippen LogP contribution in [0.15, 0.2) is 30.3 Å². The summed E-state index contributed by atoms with van der Waals surface area (Å²) in [7, 11) is 0. The summed E-state index contributed by atoms with van der Waals surface area (Å²) in [5, 5.41) is 24.4. The molecule has 0 radical (unpaired) electrons. The molecule has 0 aromatic heterocycles. The van der Waals surface area contributed by atoms with Gasteiger partial charge in [-0.1, -0.05) is 24.3 Å². The number of hydrogen-bond donors (Lipinski definition) is 3. The second-order valence-corrected chi connectivity index (χ2v) is 4.21. The minimum atomic E-state index is -0.317. The summed E-state index contributed by atoms with van der Waals surface area (Å²) >= 11 is 0. The molecule has 1 aliphatic heterocycles. The first-order valence-corrected chi connectivity index (χ1v) is 5.41. The third kappa shape index (κ3) is 1.32. The molecule has 0 amide bonds. The van der Waals surface area contributed by atoms with Crippen LogP contribution in [0.2, 0.25) is 0 Å². The normalized spacial score (nSPS) is 19.2. The van der Waals surface area contributed by atoms with Gasteiger partial charge in [0.25, 0.3) is 0 Å². The van der Waals surface area contributed by atoms with Crippen molar-refractivity contribution in [3.05, 3.63) is 35.9 Å². The number of β-amino-alcohol motifs (C(OH)–C–C–N with tert-alkyl or cyclic N) is 1. The predicted octanol–water partition coefficient (Wildman–Crippen LogP) is 1.87. The zero-order valence-corrected chi connectivity index (χ0v) is 8.77. The monoisotopic (exact) mass is 215 g/mol. The zero-order valence-electron chi connectivity index (χ0n) is 8.77. The number of nitrogens with one attached hydrogen (secondary N) is 1. The smallest absolute Gasteiger partial charge is 0.123 e. The highest BCUT2D eigenvalue weighted by atomic mass is 16.3. The lowest BCUT2D eigenvalue weighted by atomic mass is 9.96. The summed E-state index contributed by atoms with van der Waals surface area (Å²) in [4.78, 5) is 0. The Morgan fingerprint density at radius 2 is 2.00 bits per heavy atom. The Labute approximate surface area is 93.3 Å². The average molecular weight is 215 g/mol. The largest absolute Gasteiger partial charge is 0.507 e. The number of hydrogen-bond acceptors (Lipinski definition) is 3. The Morgan fingerprint density at radius 3 is 2.88 bits per heavy atom. The van der Waals surface area contributed by atoms with Crippen molar-refractivity contribution < 1.29 is 10.2 Å². The molecule has 0 fully saturated rings. The van der Waals surface area contributed by atoms with Crippen LogP contribution < -0.4 is 5.32 Å². The molecule has 1 atom stereocenters. The molecule has 0 spiro atoms. The van der Waals surface area contributed by atoms with Crippen LogP contribution >= 0.6 is 0 Å². The van der Waals surface area contributed by atoms with E-state index in [2.05, 4.69) is 5.32 Å². The molecule has 1 heterocycles. The van der Waals surface area contributed by atoms with E-state index in [9.17, 15) is 10.2 Å². The van der Waals surface area contributed by atoms with Gasteiger partial charge in [0.15, 0.2) is 0 Å². The van der Waals surface area contributed by atoms with Crippen LogP contribution in [0.3, 0.4) is 0 Å². The Bertz CT molecular complexity index is 551. The second-order valence-electron chi connectivity index (χ2n) is 4.21. The Balaban J connectivity index is 2.28. The van der Waals surface area contributed by atoms with E-state index in [0.717, 1.165) is 22.0 Å². The van der Waals surface area contributed by atoms with Gasteiger partial charge in [-0.15, -0.1) is 0 Å². The van der Waals surface area contributed by atoms with Crippen LogP contribution in [0.25, 0.3) is 10.8 Å². The number of aliphatic hydroxyl groups excluding tert-OH is 1. The summed E-state index contributed by atoms with van der Waals surface area (Å²) in [6.07, 6.45) is 0.357. The van der Waals surface area contributed by atoms with E-state index < -0.39 is 0 Å². The van der Waals surface area contributed by atoms with Gasteiger partial charge in [-0.2, -0.15) is 0 Å². The van der Waals surface area contributed by atoms with Gasteiger partial charge < -0.3 is 15.5 Å². The maximum Gasteiger partial charge on any atom is 0.123 e. The number of aliphatic hydroxyl groups is 1. The summed E-state index contributed by atoms with van der Waals surface area (Å²) in [5.41, 5.74) is 2.15. The van der Waals surface area contributed by atoms with Crippen molar-refractivity contribution in [3.8, 4) is 5.75 Å². The molecule has 1 aliphatic rings. The molecular weight excluding hydrogens is 202 g/mol. The van der Waals surface area contributed by atoms with E-state index in [-0.39, 0.29) is 6.10 Å². The minimum Gasteiger partial charge on any atom is -0.507 e. The van der Waals surface area contributed by atoms with E-state index in [0.29, 0.717) is 18.7 Å². The second kappa shape index (κ2) is 3.39. The summed E-state index contributed by atoms with van der Waals surface area (Å²) in [6, 6.07) is 9.38. The molecule has 0 saturated heterocycles. The lowest BCUT2D eigenvalue weighted by Gasteiger charge is -2.24. The Hall–Kier alpha value is -1.74. The molecule has 0 aliphatic carbocycles. The van der Waals surface area contributed by atoms with Gasteiger partial charge in [-0.3, -0.25) is 0 Å². The van der Waals surface area contributed by atoms with Crippen molar-refractivity contribution in [2.75, 3.05) is 11.9 Å². The third-order valence-electron chi connectivity index (χ3n) is 3.09. The molecule has 3 rings (SSSR count). The number of anilines is 1. The molecule has 16 heavy (non-hydrogen) atoms. The van der Waals surface area contributed by atoms with Gasteiger partial charge in [-0.25, -0.2) is 0 Å². The SMILES string of the molecule is Oc1cccc2c3c(ccc12)C[C@H](O)CN3. The Morgan fingerprint density at radius 1 is 1.12 bits per heavy atom. The molecule has 2 aromatic rings. The first kappa shape index (κ1) is 9.48. The fourth-order valence-corrected chi connectivity index (χ4v) is 2.31. The van der Waals surface area contributed by atoms with E-state index in [4.69, 9.17) is 0 Å². The summed E-state index contributed by atoms with van der Waals surface area (Å²) in [6.45, 7) is 0.571. The highest BCUT2D eigenvalue weighted by molar-refractivity contribution is 5.99. The quantitative estimate of drug-likeness (QED) is 0.629. The van der Waals surface area contributed by atoms with Gasteiger partial charge in [0.05, 0.1) is 6.10 Å². The molecule has 0 bridgehead atoms. The van der Waals surface area contributed by atoms with Gasteiger partial charge in [-0.05, 0) is 11.6 Å². The molecular formula is C13H13NO2. The number of phenols is 1. The molecule has 3 nitrogen and oxygen atoms in total.